The highest BCUT2D eigenvalue weighted by Crippen LogP contribution is 2.25. The van der Waals surface area contributed by atoms with Crippen molar-refractivity contribution in [2.24, 2.45) is 17.6 Å². The van der Waals surface area contributed by atoms with Gasteiger partial charge in [0.25, 0.3) is 5.91 Å². The van der Waals surface area contributed by atoms with Crippen molar-refractivity contribution < 1.29 is 23.6 Å². The predicted molar refractivity (Wildman–Crippen MR) is 142 cm³/mol. The molecule has 1 aromatic carbocycles. The number of ketones is 1. The summed E-state index contributed by atoms with van der Waals surface area (Å²) in [7, 11) is 0. The van der Waals surface area contributed by atoms with Gasteiger partial charge < -0.3 is 26.6 Å². The van der Waals surface area contributed by atoms with E-state index in [1.54, 1.807) is 38.1 Å². The van der Waals surface area contributed by atoms with Gasteiger partial charge in [-0.05, 0) is 49.4 Å². The summed E-state index contributed by atoms with van der Waals surface area (Å²) >= 11 is 3.31. The summed E-state index contributed by atoms with van der Waals surface area (Å²) in [5.41, 5.74) is 5.58. The number of Topliss-reactive ketones (excluding diaryl/α,β-unsaturated/α-hetero) is 1. The molecule has 1 aliphatic rings. The highest BCUT2D eigenvalue weighted by Gasteiger charge is 2.43. The van der Waals surface area contributed by atoms with Gasteiger partial charge in [0.1, 0.15) is 18.8 Å². The van der Waals surface area contributed by atoms with Crippen molar-refractivity contribution in [2.45, 2.75) is 51.2 Å². The van der Waals surface area contributed by atoms with Crippen LogP contribution in [0.2, 0.25) is 0 Å². The largest absolute Gasteiger partial charge is 0.370 e. The fourth-order valence-corrected chi connectivity index (χ4v) is 4.41. The molecule has 1 heterocycles. The molecule has 206 valence electrons. The van der Waals surface area contributed by atoms with E-state index in [1.165, 1.54) is 4.90 Å². The summed E-state index contributed by atoms with van der Waals surface area (Å²) in [6.07, 6.45) is 0.457. The molecule has 6 N–H and O–H groups in total. The fraction of sp³-hybridized carbons (Fsp3) is 0.520. The molecule has 4 atom stereocenters. The number of amides is 3. The standard InChI is InChI=1S/C25H33BrFN7O4/c1-14(2)21(33-22(36)16-5-7-17(26)8-6-16)24(38)34-13-15(12-28)10-19(34)23(37)32-18(20(35)11-27)4-3-9-31-25(29)30/h5-8,14-15,18-19,21H,3-4,9-11,13H2,1-2H3,(H,32,37)(H,33,36)(H4,29,30,31)/t15-,18-,19-,21-/m0/s1. The number of nitrogens with zero attached hydrogens (tertiary/aromatic N) is 2. The van der Waals surface area contributed by atoms with Gasteiger partial charge in [0.15, 0.2) is 11.7 Å². The Labute approximate surface area is 229 Å². The lowest BCUT2D eigenvalue weighted by Crippen LogP contribution is -2.56. The number of nitriles is 1. The van der Waals surface area contributed by atoms with Gasteiger partial charge in [-0.3, -0.25) is 24.6 Å². The molecule has 0 spiro atoms. The van der Waals surface area contributed by atoms with Crippen molar-refractivity contribution in [1.82, 2.24) is 20.9 Å². The maximum atomic E-state index is 13.6. The quantitative estimate of drug-likeness (QED) is 0.137. The first-order chi connectivity index (χ1) is 18.0. The first kappa shape index (κ1) is 30.7. The number of hydrogen-bond donors (Lipinski definition) is 5. The Morgan fingerprint density at radius 2 is 1.89 bits per heavy atom. The third-order valence-electron chi connectivity index (χ3n) is 6.22. The van der Waals surface area contributed by atoms with Gasteiger partial charge in [0.05, 0.1) is 18.0 Å². The molecule has 1 aromatic rings. The maximum absolute atomic E-state index is 13.6. The summed E-state index contributed by atoms with van der Waals surface area (Å²) in [6, 6.07) is 5.51. The Balaban J connectivity index is 2.18. The van der Waals surface area contributed by atoms with Gasteiger partial charge in [-0.2, -0.15) is 5.26 Å². The Bertz CT molecular complexity index is 1080. The van der Waals surface area contributed by atoms with Crippen LogP contribution in [0.4, 0.5) is 4.39 Å². The molecule has 3 amide bonds. The number of carbonyl (C=O) groups excluding carboxylic acids is 4. The molecule has 0 bridgehead atoms. The number of guanidine groups is 1. The number of hydrogen-bond acceptors (Lipinski definition) is 6. The number of halogens is 2. The molecule has 1 fully saturated rings. The van der Waals surface area contributed by atoms with Crippen molar-refractivity contribution in [3.05, 3.63) is 34.3 Å². The normalized spacial score (nSPS) is 18.3. The third-order valence-corrected chi connectivity index (χ3v) is 6.75. The van der Waals surface area contributed by atoms with Crippen LogP contribution in [-0.2, 0) is 14.4 Å². The second-order valence-electron chi connectivity index (χ2n) is 9.41. The van der Waals surface area contributed by atoms with E-state index in [0.717, 1.165) is 4.47 Å². The first-order valence-corrected chi connectivity index (χ1v) is 13.0. The molecule has 2 rings (SSSR count). The molecule has 11 nitrogen and oxygen atoms in total. The minimum atomic E-state index is -1.28. The van der Waals surface area contributed by atoms with Crippen LogP contribution in [0.5, 0.6) is 0 Å². The molecule has 38 heavy (non-hydrogen) atoms. The fourth-order valence-electron chi connectivity index (χ4n) is 4.14. The van der Waals surface area contributed by atoms with Crippen LogP contribution in [-0.4, -0.2) is 72.3 Å². The van der Waals surface area contributed by atoms with Gasteiger partial charge in [0, 0.05) is 23.1 Å². The van der Waals surface area contributed by atoms with Crippen LogP contribution < -0.4 is 21.7 Å². The molecule has 13 heteroatoms. The first-order valence-electron chi connectivity index (χ1n) is 12.2. The summed E-state index contributed by atoms with van der Waals surface area (Å²) in [5.74, 6) is -3.70. The van der Waals surface area contributed by atoms with Crippen LogP contribution >= 0.6 is 15.9 Å². The summed E-state index contributed by atoms with van der Waals surface area (Å²) < 4.78 is 14.0. The van der Waals surface area contributed by atoms with E-state index in [9.17, 15) is 28.8 Å². The zero-order chi connectivity index (χ0) is 28.4. The number of rotatable bonds is 12. The highest BCUT2D eigenvalue weighted by atomic mass is 79.9. The van der Waals surface area contributed by atoms with E-state index in [-0.39, 0.29) is 37.8 Å². The minimum Gasteiger partial charge on any atom is -0.370 e. The SMILES string of the molecule is CC(C)[C@H](NC(=O)c1ccc(Br)cc1)C(=O)N1C[C@H](C#N)C[C@H]1C(=O)N[C@@H](CCCNC(=N)N)C(=O)CF. The summed E-state index contributed by atoms with van der Waals surface area (Å²) in [6.45, 7) is 2.45. The Hall–Kier alpha value is -3.53. The van der Waals surface area contributed by atoms with Crippen LogP contribution in [0.1, 0.15) is 43.5 Å². The molecule has 0 aliphatic carbocycles. The third kappa shape index (κ3) is 8.51. The van der Waals surface area contributed by atoms with E-state index >= 15 is 0 Å². The number of alkyl halides is 1. The average Bonchev–Trinajstić information content (AvgIpc) is 3.33. The van der Waals surface area contributed by atoms with E-state index in [4.69, 9.17) is 11.1 Å². The van der Waals surface area contributed by atoms with E-state index in [2.05, 4.69) is 37.9 Å². The second-order valence-corrected chi connectivity index (χ2v) is 10.3. The molecule has 1 aliphatic heterocycles. The lowest BCUT2D eigenvalue weighted by Gasteiger charge is -2.31. The van der Waals surface area contributed by atoms with Crippen LogP contribution in [0.15, 0.2) is 28.7 Å². The van der Waals surface area contributed by atoms with Crippen LogP contribution in [0.3, 0.4) is 0 Å². The zero-order valence-corrected chi connectivity index (χ0v) is 22.9. The van der Waals surface area contributed by atoms with Gasteiger partial charge in [0.2, 0.25) is 11.8 Å². The Morgan fingerprint density at radius 1 is 1.24 bits per heavy atom. The minimum absolute atomic E-state index is 0.0188. The van der Waals surface area contributed by atoms with E-state index < -0.39 is 54.2 Å². The Kier molecular flexibility index (Phi) is 11.6. The van der Waals surface area contributed by atoms with E-state index in [0.29, 0.717) is 12.0 Å². The molecule has 0 aromatic heterocycles. The summed E-state index contributed by atoms with van der Waals surface area (Å²) in [4.78, 5) is 53.0. The number of carbonyl (C=O) groups is 4. The topological polar surface area (TPSA) is 181 Å². The van der Waals surface area contributed by atoms with Gasteiger partial charge in [-0.25, -0.2) is 4.39 Å². The van der Waals surface area contributed by atoms with Crippen molar-refractivity contribution in [2.75, 3.05) is 19.8 Å². The average molecular weight is 594 g/mol. The number of likely N-dealkylation sites (tertiary alicyclic amines) is 1. The molecular formula is C25H33BrFN7O4. The lowest BCUT2D eigenvalue weighted by molar-refractivity contribution is -0.141. The number of nitrogens with one attached hydrogen (secondary N) is 4. The smallest absolute Gasteiger partial charge is 0.251 e. The molecule has 0 saturated carbocycles. The van der Waals surface area contributed by atoms with Crippen molar-refractivity contribution in [1.29, 1.82) is 10.7 Å². The van der Waals surface area contributed by atoms with Crippen molar-refractivity contribution in [3.63, 3.8) is 0 Å². The van der Waals surface area contributed by atoms with Crippen LogP contribution in [0, 0.1) is 28.6 Å². The van der Waals surface area contributed by atoms with Gasteiger partial charge in [-0.1, -0.05) is 29.8 Å². The van der Waals surface area contributed by atoms with Crippen LogP contribution in [0.25, 0.3) is 0 Å². The second kappa shape index (κ2) is 14.4. The molecular weight excluding hydrogens is 561 g/mol. The molecule has 0 radical (unpaired) electrons. The van der Waals surface area contributed by atoms with Gasteiger partial charge >= 0.3 is 0 Å². The zero-order valence-electron chi connectivity index (χ0n) is 21.3. The lowest BCUT2D eigenvalue weighted by atomic mass is 10.0. The maximum Gasteiger partial charge on any atom is 0.251 e. The Morgan fingerprint density at radius 3 is 2.45 bits per heavy atom. The highest BCUT2D eigenvalue weighted by molar-refractivity contribution is 9.10. The van der Waals surface area contributed by atoms with E-state index in [1.807, 2.05) is 0 Å². The predicted octanol–water partition coefficient (Wildman–Crippen LogP) is 1.23. The van der Waals surface area contributed by atoms with Gasteiger partial charge in [-0.15, -0.1) is 0 Å². The molecule has 0 unspecified atom stereocenters. The summed E-state index contributed by atoms with van der Waals surface area (Å²) in [5, 5.41) is 24.5. The number of benzene rings is 1. The monoisotopic (exact) mass is 593 g/mol. The van der Waals surface area contributed by atoms with Crippen molar-refractivity contribution in [3.8, 4) is 6.07 Å². The molecule has 1 saturated heterocycles. The number of nitrogens with two attached hydrogens (primary N) is 1. The van der Waals surface area contributed by atoms with Crippen molar-refractivity contribution >= 4 is 45.4 Å².